The van der Waals surface area contributed by atoms with Crippen molar-refractivity contribution >= 4 is 17.7 Å². The fourth-order valence-electron chi connectivity index (χ4n) is 3.21. The Labute approximate surface area is 161 Å². The van der Waals surface area contributed by atoms with E-state index in [1.165, 1.54) is 19.3 Å². The molecule has 1 fully saturated rings. The highest BCUT2D eigenvalue weighted by Gasteiger charge is 2.15. The highest BCUT2D eigenvalue weighted by atomic mass is 16.2. The second kappa shape index (κ2) is 8.84. The van der Waals surface area contributed by atoms with E-state index in [0.29, 0.717) is 12.1 Å². The number of carbonyl (C=O) groups excluding carboxylic acids is 1. The minimum atomic E-state index is 0.0177. The monoisotopic (exact) mass is 367 g/mol. The average molecular weight is 367 g/mol. The van der Waals surface area contributed by atoms with Gasteiger partial charge < -0.3 is 15.1 Å². The maximum atomic E-state index is 12.0. The molecule has 3 rings (SSSR count). The van der Waals surface area contributed by atoms with Crippen molar-refractivity contribution in [2.45, 2.75) is 39.2 Å². The van der Waals surface area contributed by atoms with E-state index in [2.05, 4.69) is 17.1 Å². The van der Waals surface area contributed by atoms with E-state index < -0.39 is 0 Å². The van der Waals surface area contributed by atoms with E-state index in [0.717, 1.165) is 42.5 Å². The van der Waals surface area contributed by atoms with Gasteiger partial charge in [-0.3, -0.25) is 4.79 Å². The molecule has 144 valence electrons. The van der Waals surface area contributed by atoms with Crippen LogP contribution in [0.25, 0.3) is 0 Å². The molecule has 1 saturated heterocycles. The molecule has 0 atom stereocenters. The van der Waals surface area contributed by atoms with Crippen molar-refractivity contribution in [1.82, 2.24) is 14.9 Å². The van der Waals surface area contributed by atoms with Gasteiger partial charge in [0.1, 0.15) is 5.82 Å². The largest absolute Gasteiger partial charge is 0.366 e. The first-order valence-electron chi connectivity index (χ1n) is 9.74. The molecular formula is C21H29N5O. The second-order valence-corrected chi connectivity index (χ2v) is 7.20. The zero-order valence-corrected chi connectivity index (χ0v) is 16.5. The van der Waals surface area contributed by atoms with Crippen LogP contribution in [0.5, 0.6) is 0 Å². The van der Waals surface area contributed by atoms with Gasteiger partial charge in [-0.1, -0.05) is 19.1 Å². The highest BCUT2D eigenvalue weighted by molar-refractivity contribution is 5.93. The molecule has 1 N–H and O–H groups in total. The molecule has 0 aliphatic carbocycles. The molecule has 1 aromatic heterocycles. The maximum absolute atomic E-state index is 12.0. The lowest BCUT2D eigenvalue weighted by Gasteiger charge is -2.27. The first-order chi connectivity index (χ1) is 13.1. The summed E-state index contributed by atoms with van der Waals surface area (Å²) in [4.78, 5) is 25.3. The normalized spacial score (nSPS) is 14.1. The molecule has 6 heteroatoms. The van der Waals surface area contributed by atoms with E-state index >= 15 is 0 Å². The number of rotatable bonds is 6. The first kappa shape index (κ1) is 19.1. The number of aromatic nitrogens is 2. The zero-order chi connectivity index (χ0) is 19.2. The van der Waals surface area contributed by atoms with Gasteiger partial charge in [-0.15, -0.1) is 0 Å². The smallest absolute Gasteiger partial charge is 0.253 e. The van der Waals surface area contributed by atoms with Gasteiger partial charge in [0.2, 0.25) is 5.95 Å². The number of benzene rings is 1. The van der Waals surface area contributed by atoms with E-state index in [1.807, 2.05) is 30.3 Å². The average Bonchev–Trinajstić information content (AvgIpc) is 2.72. The van der Waals surface area contributed by atoms with Gasteiger partial charge in [-0.2, -0.15) is 4.98 Å². The third kappa shape index (κ3) is 4.96. The third-order valence-corrected chi connectivity index (χ3v) is 4.85. The van der Waals surface area contributed by atoms with Crippen LogP contribution >= 0.6 is 0 Å². The van der Waals surface area contributed by atoms with Gasteiger partial charge in [-0.25, -0.2) is 4.98 Å². The van der Waals surface area contributed by atoms with Crippen LogP contribution in [0, 0.1) is 0 Å². The standard InChI is InChI=1S/C21H29N5O/c1-4-18-14-19(24-21(23-18)26-12-6-5-7-13-26)22-15-16-8-10-17(11-9-16)20(27)25(2)3/h8-11,14H,4-7,12-13,15H2,1-3H3,(H,22,23,24). The summed E-state index contributed by atoms with van der Waals surface area (Å²) in [5.74, 6) is 1.71. The summed E-state index contributed by atoms with van der Waals surface area (Å²) in [6, 6.07) is 9.73. The molecule has 1 aromatic carbocycles. The third-order valence-electron chi connectivity index (χ3n) is 4.85. The molecule has 1 aliphatic heterocycles. The summed E-state index contributed by atoms with van der Waals surface area (Å²) < 4.78 is 0. The number of piperidine rings is 1. The van der Waals surface area contributed by atoms with Gasteiger partial charge in [0.25, 0.3) is 5.91 Å². The van der Waals surface area contributed by atoms with Gasteiger partial charge >= 0.3 is 0 Å². The number of nitrogens with zero attached hydrogens (tertiary/aromatic N) is 4. The van der Waals surface area contributed by atoms with Crippen molar-refractivity contribution < 1.29 is 4.79 Å². The van der Waals surface area contributed by atoms with E-state index in [4.69, 9.17) is 9.97 Å². The summed E-state index contributed by atoms with van der Waals surface area (Å²) in [6.45, 7) is 4.85. The Hall–Kier alpha value is -2.63. The molecule has 0 saturated carbocycles. The molecule has 0 radical (unpaired) electrons. The Balaban J connectivity index is 1.69. The summed E-state index contributed by atoms with van der Waals surface area (Å²) in [7, 11) is 3.52. The van der Waals surface area contributed by atoms with Crippen LogP contribution in [0.3, 0.4) is 0 Å². The van der Waals surface area contributed by atoms with Crippen LogP contribution in [0.2, 0.25) is 0 Å². The van der Waals surface area contributed by atoms with Gasteiger partial charge in [0, 0.05) is 51.1 Å². The number of aryl methyl sites for hydroxylation is 1. The van der Waals surface area contributed by atoms with Gasteiger partial charge in [0.15, 0.2) is 0 Å². The van der Waals surface area contributed by atoms with Crippen LogP contribution in [0.4, 0.5) is 11.8 Å². The highest BCUT2D eigenvalue weighted by Crippen LogP contribution is 2.19. The number of hydrogen-bond acceptors (Lipinski definition) is 5. The van der Waals surface area contributed by atoms with Crippen LogP contribution in [-0.4, -0.2) is 48.0 Å². The minimum absolute atomic E-state index is 0.0177. The van der Waals surface area contributed by atoms with Crippen molar-refractivity contribution in [3.8, 4) is 0 Å². The number of anilines is 2. The molecule has 1 amide bonds. The van der Waals surface area contributed by atoms with Crippen LogP contribution in [0.15, 0.2) is 30.3 Å². The minimum Gasteiger partial charge on any atom is -0.366 e. The van der Waals surface area contributed by atoms with Crippen LogP contribution in [-0.2, 0) is 13.0 Å². The van der Waals surface area contributed by atoms with Gasteiger partial charge in [0.05, 0.1) is 0 Å². The molecule has 27 heavy (non-hydrogen) atoms. The number of amides is 1. The number of carbonyl (C=O) groups is 1. The Bertz CT molecular complexity index is 767. The lowest BCUT2D eigenvalue weighted by molar-refractivity contribution is 0.0827. The van der Waals surface area contributed by atoms with Crippen LogP contribution in [0.1, 0.15) is 47.8 Å². The molecule has 1 aliphatic rings. The Morgan fingerprint density at radius 2 is 1.81 bits per heavy atom. The molecule has 0 unspecified atom stereocenters. The fourth-order valence-corrected chi connectivity index (χ4v) is 3.21. The summed E-state index contributed by atoms with van der Waals surface area (Å²) >= 11 is 0. The molecule has 2 heterocycles. The summed E-state index contributed by atoms with van der Waals surface area (Å²) in [5.41, 5.74) is 2.87. The maximum Gasteiger partial charge on any atom is 0.253 e. The predicted octanol–water partition coefficient (Wildman–Crippen LogP) is 3.34. The molecular weight excluding hydrogens is 338 g/mol. The zero-order valence-electron chi connectivity index (χ0n) is 16.5. The summed E-state index contributed by atoms with van der Waals surface area (Å²) in [5, 5.41) is 3.41. The Kier molecular flexibility index (Phi) is 6.27. The lowest BCUT2D eigenvalue weighted by atomic mass is 10.1. The van der Waals surface area contributed by atoms with E-state index in [9.17, 15) is 4.79 Å². The topological polar surface area (TPSA) is 61.4 Å². The summed E-state index contributed by atoms with van der Waals surface area (Å²) in [6.07, 6.45) is 4.60. The Morgan fingerprint density at radius 3 is 2.44 bits per heavy atom. The van der Waals surface area contributed by atoms with Crippen molar-refractivity contribution in [3.63, 3.8) is 0 Å². The lowest BCUT2D eigenvalue weighted by Crippen LogP contribution is -2.31. The van der Waals surface area contributed by atoms with Crippen LogP contribution < -0.4 is 10.2 Å². The Morgan fingerprint density at radius 1 is 1.11 bits per heavy atom. The predicted molar refractivity (Wildman–Crippen MR) is 109 cm³/mol. The number of hydrogen-bond donors (Lipinski definition) is 1. The quantitative estimate of drug-likeness (QED) is 0.848. The van der Waals surface area contributed by atoms with Crippen molar-refractivity contribution in [1.29, 1.82) is 0 Å². The first-order valence-corrected chi connectivity index (χ1v) is 9.74. The van der Waals surface area contributed by atoms with Crippen molar-refractivity contribution in [2.75, 3.05) is 37.4 Å². The molecule has 0 spiro atoms. The SMILES string of the molecule is CCc1cc(NCc2ccc(C(=O)N(C)C)cc2)nc(N2CCCCC2)n1. The van der Waals surface area contributed by atoms with E-state index in [-0.39, 0.29) is 5.91 Å². The molecule has 2 aromatic rings. The van der Waals surface area contributed by atoms with E-state index in [1.54, 1.807) is 19.0 Å². The fraction of sp³-hybridized carbons (Fsp3) is 0.476. The molecule has 0 bridgehead atoms. The second-order valence-electron chi connectivity index (χ2n) is 7.20. The van der Waals surface area contributed by atoms with Crippen molar-refractivity contribution in [2.24, 2.45) is 0 Å². The molecule has 6 nitrogen and oxygen atoms in total. The number of nitrogens with one attached hydrogen (secondary N) is 1. The van der Waals surface area contributed by atoms with Gasteiger partial charge in [-0.05, 0) is 43.4 Å². The van der Waals surface area contributed by atoms with Crippen molar-refractivity contribution in [3.05, 3.63) is 47.2 Å².